The van der Waals surface area contributed by atoms with Crippen molar-refractivity contribution in [2.75, 3.05) is 12.3 Å². The van der Waals surface area contributed by atoms with E-state index in [1.54, 1.807) is 11.8 Å². The Kier molecular flexibility index (Phi) is 3.40. The third kappa shape index (κ3) is 2.38. The van der Waals surface area contributed by atoms with Gasteiger partial charge in [0.25, 0.3) is 0 Å². The van der Waals surface area contributed by atoms with Crippen molar-refractivity contribution in [3.8, 4) is 0 Å². The molecule has 1 aliphatic rings. The number of hydrogen-bond acceptors (Lipinski definition) is 3. The van der Waals surface area contributed by atoms with Crippen molar-refractivity contribution in [3.63, 3.8) is 0 Å². The monoisotopic (exact) mass is 189 g/mol. The molecule has 2 N–H and O–H groups in total. The van der Waals surface area contributed by atoms with Gasteiger partial charge < -0.3 is 10.4 Å². The standard InChI is InChI=1S/C8H15NO2S/c1-5(2)7-3-9-6(4-12-7)8(10)11/h5-7,9H,3-4H2,1-2H3,(H,10,11). The predicted molar refractivity (Wildman–Crippen MR) is 50.5 cm³/mol. The molecule has 0 aromatic heterocycles. The van der Waals surface area contributed by atoms with Gasteiger partial charge in [-0.05, 0) is 5.92 Å². The lowest BCUT2D eigenvalue weighted by Gasteiger charge is -2.29. The van der Waals surface area contributed by atoms with E-state index in [1.165, 1.54) is 0 Å². The highest BCUT2D eigenvalue weighted by Crippen LogP contribution is 2.23. The number of carboxylic acid groups (broad SMARTS) is 1. The first-order valence-corrected chi connectivity index (χ1v) is 5.24. The van der Waals surface area contributed by atoms with Crippen LogP contribution in [0.25, 0.3) is 0 Å². The molecule has 2 atom stereocenters. The van der Waals surface area contributed by atoms with Gasteiger partial charge >= 0.3 is 5.97 Å². The summed E-state index contributed by atoms with van der Waals surface area (Å²) >= 11 is 1.76. The molecule has 1 fully saturated rings. The van der Waals surface area contributed by atoms with Crippen LogP contribution in [-0.4, -0.2) is 34.7 Å². The van der Waals surface area contributed by atoms with Crippen molar-refractivity contribution in [3.05, 3.63) is 0 Å². The van der Waals surface area contributed by atoms with Crippen LogP contribution >= 0.6 is 11.8 Å². The zero-order valence-corrected chi connectivity index (χ0v) is 8.23. The maximum atomic E-state index is 10.6. The van der Waals surface area contributed by atoms with Crippen LogP contribution in [0.1, 0.15) is 13.8 Å². The Bertz CT molecular complexity index is 164. The van der Waals surface area contributed by atoms with Gasteiger partial charge in [0.05, 0.1) is 0 Å². The maximum Gasteiger partial charge on any atom is 0.321 e. The summed E-state index contributed by atoms with van der Waals surface area (Å²) in [4.78, 5) is 10.6. The van der Waals surface area contributed by atoms with Crippen molar-refractivity contribution in [1.29, 1.82) is 0 Å². The summed E-state index contributed by atoms with van der Waals surface area (Å²) in [6.45, 7) is 5.15. The summed E-state index contributed by atoms with van der Waals surface area (Å²) in [5, 5.41) is 12.3. The van der Waals surface area contributed by atoms with Crippen molar-refractivity contribution in [2.45, 2.75) is 25.1 Å². The van der Waals surface area contributed by atoms with E-state index in [9.17, 15) is 4.79 Å². The average Bonchev–Trinajstić information content (AvgIpc) is 2.04. The summed E-state index contributed by atoms with van der Waals surface area (Å²) in [7, 11) is 0. The van der Waals surface area contributed by atoms with Crippen LogP contribution in [-0.2, 0) is 4.79 Å². The van der Waals surface area contributed by atoms with E-state index in [0.717, 1.165) is 6.54 Å². The summed E-state index contributed by atoms with van der Waals surface area (Å²) < 4.78 is 0. The van der Waals surface area contributed by atoms with Gasteiger partial charge in [-0.1, -0.05) is 13.8 Å². The minimum absolute atomic E-state index is 0.343. The topological polar surface area (TPSA) is 49.3 Å². The highest BCUT2D eigenvalue weighted by molar-refractivity contribution is 8.00. The minimum Gasteiger partial charge on any atom is -0.480 e. The average molecular weight is 189 g/mol. The largest absolute Gasteiger partial charge is 0.480 e. The normalized spacial score (nSPS) is 30.6. The Labute approximate surface area is 76.9 Å². The molecule has 70 valence electrons. The molecule has 3 nitrogen and oxygen atoms in total. The van der Waals surface area contributed by atoms with Crippen molar-refractivity contribution < 1.29 is 9.90 Å². The van der Waals surface area contributed by atoms with E-state index >= 15 is 0 Å². The quantitative estimate of drug-likeness (QED) is 0.674. The second-order valence-electron chi connectivity index (χ2n) is 3.41. The Morgan fingerprint density at radius 3 is 2.67 bits per heavy atom. The van der Waals surface area contributed by atoms with Gasteiger partial charge in [0, 0.05) is 17.5 Å². The fourth-order valence-electron chi connectivity index (χ4n) is 1.18. The van der Waals surface area contributed by atoms with Gasteiger partial charge in [0.1, 0.15) is 6.04 Å². The number of carbonyl (C=O) groups is 1. The lowest BCUT2D eigenvalue weighted by molar-refractivity contribution is -0.138. The number of rotatable bonds is 2. The molecular weight excluding hydrogens is 174 g/mol. The predicted octanol–water partition coefficient (Wildman–Crippen LogP) is 0.801. The Hall–Kier alpha value is -0.220. The molecular formula is C8H15NO2S. The lowest BCUT2D eigenvalue weighted by atomic mass is 10.1. The number of carboxylic acids is 1. The highest BCUT2D eigenvalue weighted by atomic mass is 32.2. The molecule has 0 bridgehead atoms. The fraction of sp³-hybridized carbons (Fsp3) is 0.875. The zero-order chi connectivity index (χ0) is 9.14. The third-order valence-corrected chi connectivity index (χ3v) is 3.75. The molecule has 1 rings (SSSR count). The Balaban J connectivity index is 2.34. The zero-order valence-electron chi connectivity index (χ0n) is 7.41. The summed E-state index contributed by atoms with van der Waals surface area (Å²) in [6, 6.07) is -0.343. The molecule has 2 unspecified atom stereocenters. The molecule has 0 radical (unpaired) electrons. The number of aliphatic carboxylic acids is 1. The smallest absolute Gasteiger partial charge is 0.321 e. The molecule has 1 heterocycles. The first kappa shape index (κ1) is 9.86. The first-order valence-electron chi connectivity index (χ1n) is 4.19. The van der Waals surface area contributed by atoms with E-state index in [0.29, 0.717) is 16.9 Å². The van der Waals surface area contributed by atoms with Gasteiger partial charge in [-0.2, -0.15) is 11.8 Å². The summed E-state index contributed by atoms with van der Waals surface area (Å²) in [6.07, 6.45) is 0. The van der Waals surface area contributed by atoms with Crippen LogP contribution in [0.2, 0.25) is 0 Å². The molecule has 0 aliphatic carbocycles. The van der Waals surface area contributed by atoms with Crippen molar-refractivity contribution in [2.24, 2.45) is 5.92 Å². The molecule has 1 aliphatic heterocycles. The summed E-state index contributed by atoms with van der Waals surface area (Å²) in [5.74, 6) is 0.583. The van der Waals surface area contributed by atoms with E-state index < -0.39 is 5.97 Å². The van der Waals surface area contributed by atoms with Crippen LogP contribution in [0.3, 0.4) is 0 Å². The van der Waals surface area contributed by atoms with E-state index in [2.05, 4.69) is 19.2 Å². The van der Waals surface area contributed by atoms with Gasteiger partial charge in [0.2, 0.25) is 0 Å². The van der Waals surface area contributed by atoms with Crippen LogP contribution in [0.15, 0.2) is 0 Å². The van der Waals surface area contributed by atoms with E-state index in [4.69, 9.17) is 5.11 Å². The Morgan fingerprint density at radius 2 is 2.33 bits per heavy atom. The lowest BCUT2D eigenvalue weighted by Crippen LogP contribution is -2.47. The number of nitrogens with one attached hydrogen (secondary N) is 1. The van der Waals surface area contributed by atoms with Gasteiger partial charge in [-0.25, -0.2) is 0 Å². The second kappa shape index (κ2) is 4.14. The molecule has 4 heteroatoms. The summed E-state index contributed by atoms with van der Waals surface area (Å²) in [5.41, 5.74) is 0. The highest BCUT2D eigenvalue weighted by Gasteiger charge is 2.26. The molecule has 0 aromatic rings. The molecule has 12 heavy (non-hydrogen) atoms. The Morgan fingerprint density at radius 1 is 1.67 bits per heavy atom. The first-order chi connectivity index (χ1) is 5.61. The van der Waals surface area contributed by atoms with E-state index in [-0.39, 0.29) is 6.04 Å². The van der Waals surface area contributed by atoms with Crippen LogP contribution in [0.5, 0.6) is 0 Å². The fourth-order valence-corrected chi connectivity index (χ4v) is 2.48. The van der Waals surface area contributed by atoms with Gasteiger partial charge in [0.15, 0.2) is 0 Å². The SMILES string of the molecule is CC(C)C1CNC(C(=O)O)CS1. The van der Waals surface area contributed by atoms with Crippen molar-refractivity contribution >= 4 is 17.7 Å². The van der Waals surface area contributed by atoms with E-state index in [1.807, 2.05) is 0 Å². The molecule has 0 aromatic carbocycles. The molecule has 0 spiro atoms. The number of hydrogen-bond donors (Lipinski definition) is 2. The maximum absolute atomic E-state index is 10.6. The minimum atomic E-state index is -0.732. The van der Waals surface area contributed by atoms with Crippen LogP contribution in [0.4, 0.5) is 0 Å². The molecule has 1 saturated heterocycles. The molecule has 0 saturated carbocycles. The molecule has 0 amide bonds. The van der Waals surface area contributed by atoms with Crippen LogP contribution in [0, 0.1) is 5.92 Å². The third-order valence-electron chi connectivity index (χ3n) is 2.08. The second-order valence-corrected chi connectivity index (χ2v) is 4.69. The number of thioether (sulfide) groups is 1. The van der Waals surface area contributed by atoms with Gasteiger partial charge in [-0.15, -0.1) is 0 Å². The van der Waals surface area contributed by atoms with Crippen molar-refractivity contribution in [1.82, 2.24) is 5.32 Å². The van der Waals surface area contributed by atoms with Crippen LogP contribution < -0.4 is 5.32 Å². The van der Waals surface area contributed by atoms with Gasteiger partial charge in [-0.3, -0.25) is 4.79 Å².